The van der Waals surface area contributed by atoms with Gasteiger partial charge in [-0.1, -0.05) is 259 Å². The van der Waals surface area contributed by atoms with E-state index in [4.69, 9.17) is 13.8 Å². The third kappa shape index (κ3) is 61.2. The smallest absolute Gasteiger partial charge is 0.456 e. The monoisotopic (exact) mass is 1160 g/mol. The molecule has 0 aromatic heterocycles. The molecule has 0 spiro atoms. The van der Waals surface area contributed by atoms with Crippen molar-refractivity contribution in [2.75, 3.05) is 40.9 Å². The number of ether oxygens (including phenoxy) is 1. The van der Waals surface area contributed by atoms with Crippen molar-refractivity contribution in [3.05, 3.63) is 109 Å². The Bertz CT molecular complexity index is 1770. The maximum Gasteiger partial charge on any atom is 0.472 e. The molecule has 1 amide bonds. The Balaban J connectivity index is 5.24. The van der Waals surface area contributed by atoms with Crippen LogP contribution in [0.3, 0.4) is 0 Å². The molecule has 0 radical (unpaired) electrons. The zero-order valence-electron chi connectivity index (χ0n) is 54.0. The highest BCUT2D eigenvalue weighted by molar-refractivity contribution is 7.47. The van der Waals surface area contributed by atoms with E-state index in [1.165, 1.54) is 122 Å². The predicted octanol–water partition coefficient (Wildman–Crippen LogP) is 21.3. The Labute approximate surface area is 506 Å². The van der Waals surface area contributed by atoms with Gasteiger partial charge in [0.05, 0.1) is 33.8 Å². The standard InChI is InChI=1S/C72H127N2O7P/c1-7-10-13-16-19-22-25-28-30-32-34-36-37-39-40-42-44-46-49-52-55-58-61-64-71(75)73-69(68-80-82(77,78)79-67-66-74(4,5)6)70(63-60-57-54-51-48-27-24-21-18-15-12-9-3)81-72(76)65-62-59-56-53-50-47-45-43-41-38-35-33-31-29-26-23-20-17-14-11-8-2/h19-20,22-23,28-31,34-36,38-40,43,45,60,63,69-70H,7-18,21,24-27,32-33,37,41-42,44,46-59,61-62,64-68H2,1-6H3,(H-,73,75,77,78)/p+1/b22-19-,23-20-,30-28-,31-29-,36-34-,38-35-,40-39-,45-43-,63-60+. The van der Waals surface area contributed by atoms with Crippen LogP contribution in [-0.4, -0.2) is 74.3 Å². The molecule has 0 rings (SSSR count). The molecule has 0 saturated carbocycles. The summed E-state index contributed by atoms with van der Waals surface area (Å²) in [6, 6.07) is -0.870. The number of hydrogen-bond donors (Lipinski definition) is 2. The Kier molecular flexibility index (Phi) is 58.3. The molecule has 0 saturated heterocycles. The second-order valence-corrected chi connectivity index (χ2v) is 25.1. The minimum atomic E-state index is -4.47. The van der Waals surface area contributed by atoms with E-state index >= 15 is 0 Å². The van der Waals surface area contributed by atoms with Gasteiger partial charge in [-0.25, -0.2) is 4.57 Å². The number of nitrogens with one attached hydrogen (secondary N) is 1. The summed E-state index contributed by atoms with van der Waals surface area (Å²) in [6.07, 6.45) is 83.7. The fourth-order valence-corrected chi connectivity index (χ4v) is 9.94. The van der Waals surface area contributed by atoms with Crippen molar-refractivity contribution in [3.8, 4) is 0 Å². The van der Waals surface area contributed by atoms with Gasteiger partial charge in [0.2, 0.25) is 5.91 Å². The van der Waals surface area contributed by atoms with Crippen molar-refractivity contribution in [2.45, 2.75) is 296 Å². The minimum absolute atomic E-state index is 0.0292. The number of amides is 1. The van der Waals surface area contributed by atoms with E-state index in [1.807, 2.05) is 33.3 Å². The summed E-state index contributed by atoms with van der Waals surface area (Å²) in [7, 11) is 1.46. The number of carbonyl (C=O) groups is 2. The normalized spacial score (nSPS) is 14.3. The van der Waals surface area contributed by atoms with Crippen molar-refractivity contribution >= 4 is 19.7 Å². The number of phosphoric acid groups is 1. The van der Waals surface area contributed by atoms with Gasteiger partial charge in [0, 0.05) is 12.8 Å². The van der Waals surface area contributed by atoms with E-state index < -0.39 is 20.0 Å². The molecular weight excluding hydrogens is 1040 g/mol. The summed E-state index contributed by atoms with van der Waals surface area (Å²) in [5.74, 6) is -0.541. The SMILES string of the molecule is CCCCC/C=C\C/C=C\C/C=C\C/C=C\CCCCCCCCCC(=O)NC(COP(=O)(O)OCC[N+](C)(C)C)C(/C=C/CCCCCCCCCCCC)OC(=O)CCCCCCC/C=C\C/C=C\C/C=C\C/C=C\CCCCC. The van der Waals surface area contributed by atoms with Gasteiger partial charge in [-0.3, -0.25) is 18.6 Å². The van der Waals surface area contributed by atoms with Crippen LogP contribution in [0.5, 0.6) is 0 Å². The largest absolute Gasteiger partial charge is 0.472 e. The van der Waals surface area contributed by atoms with Gasteiger partial charge in [-0.05, 0) is 122 Å². The minimum Gasteiger partial charge on any atom is -0.456 e. The van der Waals surface area contributed by atoms with E-state index in [0.29, 0.717) is 23.9 Å². The van der Waals surface area contributed by atoms with Crippen LogP contribution in [0.4, 0.5) is 0 Å². The fraction of sp³-hybridized carbons (Fsp3) is 0.722. The van der Waals surface area contributed by atoms with Gasteiger partial charge in [0.25, 0.3) is 0 Å². The summed E-state index contributed by atoms with van der Waals surface area (Å²) in [5.41, 5.74) is 0. The van der Waals surface area contributed by atoms with Crippen LogP contribution in [0.15, 0.2) is 109 Å². The lowest BCUT2D eigenvalue weighted by atomic mass is 10.0. The number of likely N-dealkylation sites (N-methyl/N-ethyl adjacent to an activating group) is 1. The average molecular weight is 1160 g/mol. The summed E-state index contributed by atoms with van der Waals surface area (Å²) in [6.45, 7) is 6.94. The van der Waals surface area contributed by atoms with Crippen molar-refractivity contribution in [1.29, 1.82) is 0 Å². The first-order chi connectivity index (χ1) is 39.9. The quantitative estimate of drug-likeness (QED) is 0.0205. The van der Waals surface area contributed by atoms with E-state index in [9.17, 15) is 19.0 Å². The Morgan fingerprint density at radius 2 is 0.744 bits per heavy atom. The summed E-state index contributed by atoms with van der Waals surface area (Å²) in [5, 5.41) is 3.05. The predicted molar refractivity (Wildman–Crippen MR) is 355 cm³/mol. The molecular formula is C72H128N2O7P+. The molecule has 0 fully saturated rings. The van der Waals surface area contributed by atoms with Crippen LogP contribution in [0.1, 0.15) is 284 Å². The lowest BCUT2D eigenvalue weighted by molar-refractivity contribution is -0.870. The number of phosphoric ester groups is 1. The first-order valence-electron chi connectivity index (χ1n) is 33.7. The zero-order chi connectivity index (χ0) is 60.0. The molecule has 82 heavy (non-hydrogen) atoms. The molecule has 0 aromatic rings. The molecule has 2 N–H and O–H groups in total. The number of unbranched alkanes of at least 4 members (excludes halogenated alkanes) is 28. The summed E-state index contributed by atoms with van der Waals surface area (Å²) >= 11 is 0. The van der Waals surface area contributed by atoms with E-state index in [2.05, 4.69) is 123 Å². The van der Waals surface area contributed by atoms with Crippen LogP contribution >= 0.6 is 7.82 Å². The molecule has 0 aliphatic heterocycles. The van der Waals surface area contributed by atoms with Crippen LogP contribution in [0.2, 0.25) is 0 Å². The van der Waals surface area contributed by atoms with Crippen LogP contribution in [0.25, 0.3) is 0 Å². The van der Waals surface area contributed by atoms with Gasteiger partial charge in [-0.2, -0.15) is 0 Å². The number of rotatable bonds is 60. The van der Waals surface area contributed by atoms with E-state index in [-0.39, 0.29) is 31.5 Å². The number of nitrogens with zero attached hydrogens (tertiary/aromatic N) is 1. The Morgan fingerprint density at radius 1 is 0.427 bits per heavy atom. The first kappa shape index (κ1) is 78.7. The zero-order valence-corrected chi connectivity index (χ0v) is 54.8. The van der Waals surface area contributed by atoms with Crippen molar-refractivity contribution in [3.63, 3.8) is 0 Å². The highest BCUT2D eigenvalue weighted by atomic mass is 31.2. The lowest BCUT2D eigenvalue weighted by Crippen LogP contribution is -2.47. The molecule has 3 atom stereocenters. The average Bonchev–Trinajstić information content (AvgIpc) is 3.47. The van der Waals surface area contributed by atoms with Crippen molar-refractivity contribution in [1.82, 2.24) is 5.32 Å². The molecule has 0 aliphatic carbocycles. The molecule has 0 aromatic carbocycles. The van der Waals surface area contributed by atoms with Crippen molar-refractivity contribution in [2.24, 2.45) is 0 Å². The van der Waals surface area contributed by atoms with E-state index in [0.717, 1.165) is 122 Å². The fourth-order valence-electron chi connectivity index (χ4n) is 9.20. The van der Waals surface area contributed by atoms with Gasteiger partial charge >= 0.3 is 13.8 Å². The second kappa shape index (κ2) is 60.8. The summed E-state index contributed by atoms with van der Waals surface area (Å²) in [4.78, 5) is 37.8. The molecule has 472 valence electrons. The summed E-state index contributed by atoms with van der Waals surface area (Å²) < 4.78 is 30.8. The Morgan fingerprint density at radius 3 is 1.13 bits per heavy atom. The molecule has 9 nitrogen and oxygen atoms in total. The molecule has 3 unspecified atom stereocenters. The van der Waals surface area contributed by atoms with Crippen molar-refractivity contribution < 1.29 is 37.3 Å². The maximum absolute atomic E-state index is 13.6. The number of esters is 1. The maximum atomic E-state index is 13.6. The number of quaternary nitrogens is 1. The third-order valence-electron chi connectivity index (χ3n) is 14.4. The van der Waals surface area contributed by atoms with Gasteiger partial charge in [0.1, 0.15) is 19.3 Å². The van der Waals surface area contributed by atoms with Crippen LogP contribution in [-0.2, 0) is 27.9 Å². The van der Waals surface area contributed by atoms with Crippen LogP contribution < -0.4 is 5.32 Å². The van der Waals surface area contributed by atoms with Gasteiger partial charge in [-0.15, -0.1) is 0 Å². The number of allylic oxidation sites excluding steroid dienone is 17. The first-order valence-corrected chi connectivity index (χ1v) is 35.2. The molecule has 10 heteroatoms. The second-order valence-electron chi connectivity index (χ2n) is 23.6. The van der Waals surface area contributed by atoms with E-state index in [1.54, 1.807) is 0 Å². The molecule has 0 heterocycles. The highest BCUT2D eigenvalue weighted by Gasteiger charge is 2.30. The van der Waals surface area contributed by atoms with Gasteiger partial charge in [0.15, 0.2) is 0 Å². The lowest BCUT2D eigenvalue weighted by Gasteiger charge is -2.27. The number of hydrogen-bond acceptors (Lipinski definition) is 6. The third-order valence-corrected chi connectivity index (χ3v) is 15.4. The topological polar surface area (TPSA) is 111 Å². The number of carbonyl (C=O) groups excluding carboxylic acids is 2. The highest BCUT2D eigenvalue weighted by Crippen LogP contribution is 2.43. The molecule has 0 bridgehead atoms. The van der Waals surface area contributed by atoms with Gasteiger partial charge < -0.3 is 19.4 Å². The molecule has 0 aliphatic rings. The van der Waals surface area contributed by atoms with Crippen LogP contribution in [0, 0.1) is 0 Å². The Hall–Kier alpha value is -3.33.